The molecule has 0 saturated heterocycles. The highest BCUT2D eigenvalue weighted by atomic mass is 79.9. The summed E-state index contributed by atoms with van der Waals surface area (Å²) >= 11 is 3.32. The molecule has 2 aromatic rings. The number of halogens is 1. The van der Waals surface area contributed by atoms with E-state index in [0.717, 1.165) is 12.2 Å². The van der Waals surface area contributed by atoms with Crippen LogP contribution in [0.5, 0.6) is 5.75 Å². The van der Waals surface area contributed by atoms with Gasteiger partial charge in [0.1, 0.15) is 11.9 Å². The number of nitrogens with two attached hydrogens (primary N) is 1. The molecular weight excluding hydrogens is 296 g/mol. The lowest BCUT2D eigenvalue weighted by Gasteiger charge is -2.10. The van der Waals surface area contributed by atoms with E-state index < -0.39 is 0 Å². The Labute approximate surface area is 113 Å². The average Bonchev–Trinajstić information content (AvgIpc) is 2.82. The maximum Gasteiger partial charge on any atom is 0.240 e. The van der Waals surface area contributed by atoms with Gasteiger partial charge in [-0.15, -0.1) is 5.10 Å². The minimum Gasteiger partial charge on any atom is -0.488 e. The van der Waals surface area contributed by atoms with Gasteiger partial charge in [0.05, 0.1) is 6.54 Å². The first-order chi connectivity index (χ1) is 8.61. The molecule has 94 valence electrons. The largest absolute Gasteiger partial charge is 0.488 e. The number of fused-ring (bicyclic) bond motifs is 1. The Bertz CT molecular complexity index is 596. The third kappa shape index (κ3) is 2.08. The molecule has 2 N–H and O–H groups in total. The average molecular weight is 309 g/mol. The summed E-state index contributed by atoms with van der Waals surface area (Å²) in [4.78, 5) is 4.01. The fourth-order valence-electron chi connectivity index (χ4n) is 2.20. The standard InChI is InChI=1S/C12H13BrN4O/c1-7-2-3-10-8(4-7)5-9(18-10)6-17-11(13)15-12(14)16-17/h2-4,9H,5-6H2,1H3,(H2,14,16). The summed E-state index contributed by atoms with van der Waals surface area (Å²) in [6, 6.07) is 6.25. The first-order valence-electron chi connectivity index (χ1n) is 5.74. The zero-order valence-corrected chi connectivity index (χ0v) is 11.5. The second-order valence-corrected chi connectivity index (χ2v) is 5.19. The van der Waals surface area contributed by atoms with Crippen molar-refractivity contribution in [2.45, 2.75) is 26.0 Å². The van der Waals surface area contributed by atoms with Crippen molar-refractivity contribution >= 4 is 21.9 Å². The number of hydrogen-bond acceptors (Lipinski definition) is 4. The summed E-state index contributed by atoms with van der Waals surface area (Å²) in [6.07, 6.45) is 0.975. The maximum absolute atomic E-state index is 5.88. The number of nitrogen functional groups attached to an aromatic ring is 1. The van der Waals surface area contributed by atoms with Gasteiger partial charge in [-0.05, 0) is 34.5 Å². The minimum atomic E-state index is 0.0826. The first kappa shape index (κ1) is 11.5. The maximum atomic E-state index is 5.88. The predicted molar refractivity (Wildman–Crippen MR) is 71.4 cm³/mol. The molecule has 5 nitrogen and oxygen atoms in total. The lowest BCUT2D eigenvalue weighted by Crippen LogP contribution is -2.21. The monoisotopic (exact) mass is 308 g/mol. The summed E-state index contributed by atoms with van der Waals surface area (Å²) < 4.78 is 8.24. The zero-order valence-electron chi connectivity index (χ0n) is 9.93. The van der Waals surface area contributed by atoms with Gasteiger partial charge in [-0.25, -0.2) is 4.68 Å². The molecule has 1 aromatic heterocycles. The summed E-state index contributed by atoms with van der Waals surface area (Å²) in [5, 5.41) is 4.11. The van der Waals surface area contributed by atoms with E-state index in [1.165, 1.54) is 11.1 Å². The Balaban J connectivity index is 1.76. The number of aromatic nitrogens is 3. The molecule has 0 aliphatic carbocycles. The second kappa shape index (κ2) is 4.28. The molecule has 1 aliphatic heterocycles. The van der Waals surface area contributed by atoms with E-state index in [1.807, 2.05) is 6.07 Å². The van der Waals surface area contributed by atoms with Crippen LogP contribution >= 0.6 is 15.9 Å². The Morgan fingerprint density at radius 2 is 2.39 bits per heavy atom. The lowest BCUT2D eigenvalue weighted by molar-refractivity contribution is 0.202. The SMILES string of the molecule is Cc1ccc2c(c1)CC(Cn1nc(N)nc1Br)O2. The van der Waals surface area contributed by atoms with Crippen molar-refractivity contribution in [3.63, 3.8) is 0 Å². The quantitative estimate of drug-likeness (QED) is 0.920. The summed E-state index contributed by atoms with van der Waals surface area (Å²) in [7, 11) is 0. The molecule has 0 spiro atoms. The summed E-state index contributed by atoms with van der Waals surface area (Å²) in [6.45, 7) is 2.72. The number of benzene rings is 1. The number of nitrogens with zero attached hydrogens (tertiary/aromatic N) is 3. The number of anilines is 1. The number of hydrogen-bond donors (Lipinski definition) is 1. The molecule has 1 unspecified atom stereocenters. The van der Waals surface area contributed by atoms with Crippen LogP contribution in [0.1, 0.15) is 11.1 Å². The van der Waals surface area contributed by atoms with Crippen LogP contribution in [0.2, 0.25) is 0 Å². The highest BCUT2D eigenvalue weighted by Crippen LogP contribution is 2.30. The molecule has 1 atom stereocenters. The molecule has 0 amide bonds. The summed E-state index contributed by atoms with van der Waals surface area (Å²) in [5.41, 5.74) is 8.05. The summed E-state index contributed by atoms with van der Waals surface area (Å²) in [5.74, 6) is 1.24. The Hall–Kier alpha value is -1.56. The van der Waals surface area contributed by atoms with Gasteiger partial charge in [-0.2, -0.15) is 4.98 Å². The van der Waals surface area contributed by atoms with Crippen molar-refractivity contribution < 1.29 is 4.74 Å². The van der Waals surface area contributed by atoms with Crippen LogP contribution in [0, 0.1) is 6.92 Å². The van der Waals surface area contributed by atoms with Crippen LogP contribution in [0.3, 0.4) is 0 Å². The Kier molecular flexibility index (Phi) is 2.74. The molecule has 3 rings (SSSR count). The van der Waals surface area contributed by atoms with Gasteiger partial charge in [0.15, 0.2) is 4.73 Å². The third-order valence-corrected chi connectivity index (χ3v) is 3.56. The van der Waals surface area contributed by atoms with Crippen molar-refractivity contribution in [3.05, 3.63) is 34.1 Å². The lowest BCUT2D eigenvalue weighted by atomic mass is 10.1. The van der Waals surface area contributed by atoms with Gasteiger partial charge in [-0.3, -0.25) is 0 Å². The number of rotatable bonds is 2. The molecule has 0 radical (unpaired) electrons. The predicted octanol–water partition coefficient (Wildman–Crippen LogP) is 1.93. The van der Waals surface area contributed by atoms with Crippen LogP contribution in [0.15, 0.2) is 22.9 Å². The molecule has 6 heteroatoms. The Morgan fingerprint density at radius 1 is 1.56 bits per heavy atom. The van der Waals surface area contributed by atoms with Crippen molar-refractivity contribution in [2.75, 3.05) is 5.73 Å². The van der Waals surface area contributed by atoms with Gasteiger partial charge in [-0.1, -0.05) is 17.7 Å². The van der Waals surface area contributed by atoms with Gasteiger partial charge < -0.3 is 10.5 Å². The number of ether oxygens (including phenoxy) is 1. The van der Waals surface area contributed by atoms with E-state index in [1.54, 1.807) is 4.68 Å². The van der Waals surface area contributed by atoms with Gasteiger partial charge in [0.25, 0.3) is 0 Å². The number of aryl methyl sites for hydroxylation is 1. The van der Waals surface area contributed by atoms with Gasteiger partial charge in [0.2, 0.25) is 5.95 Å². The fraction of sp³-hybridized carbons (Fsp3) is 0.333. The van der Waals surface area contributed by atoms with Gasteiger partial charge in [0, 0.05) is 6.42 Å². The van der Waals surface area contributed by atoms with E-state index in [2.05, 4.69) is 45.1 Å². The molecule has 0 fully saturated rings. The highest BCUT2D eigenvalue weighted by Gasteiger charge is 2.24. The minimum absolute atomic E-state index is 0.0826. The molecule has 1 aliphatic rings. The second-order valence-electron chi connectivity index (χ2n) is 4.48. The van der Waals surface area contributed by atoms with Crippen molar-refractivity contribution in [2.24, 2.45) is 0 Å². The van der Waals surface area contributed by atoms with Crippen LogP contribution in [-0.4, -0.2) is 20.9 Å². The highest BCUT2D eigenvalue weighted by molar-refractivity contribution is 9.10. The zero-order chi connectivity index (χ0) is 12.7. The van der Waals surface area contributed by atoms with Crippen LogP contribution in [0.4, 0.5) is 5.95 Å². The van der Waals surface area contributed by atoms with E-state index in [-0.39, 0.29) is 12.1 Å². The third-order valence-electron chi connectivity index (χ3n) is 2.98. The normalized spacial score (nSPS) is 17.6. The first-order valence-corrected chi connectivity index (χ1v) is 6.53. The molecule has 1 aromatic carbocycles. The molecule has 0 bridgehead atoms. The Morgan fingerprint density at radius 3 is 3.11 bits per heavy atom. The smallest absolute Gasteiger partial charge is 0.240 e. The molecule has 0 saturated carbocycles. The topological polar surface area (TPSA) is 66.0 Å². The van der Waals surface area contributed by atoms with Crippen molar-refractivity contribution in [3.8, 4) is 5.75 Å². The van der Waals surface area contributed by atoms with Crippen LogP contribution in [0.25, 0.3) is 0 Å². The fourth-order valence-corrected chi connectivity index (χ4v) is 2.61. The molecule has 2 heterocycles. The molecule has 18 heavy (non-hydrogen) atoms. The van der Waals surface area contributed by atoms with E-state index in [4.69, 9.17) is 10.5 Å². The van der Waals surface area contributed by atoms with Crippen molar-refractivity contribution in [1.29, 1.82) is 0 Å². The van der Waals surface area contributed by atoms with Gasteiger partial charge >= 0.3 is 0 Å². The van der Waals surface area contributed by atoms with Crippen LogP contribution in [-0.2, 0) is 13.0 Å². The van der Waals surface area contributed by atoms with Crippen LogP contribution < -0.4 is 10.5 Å². The van der Waals surface area contributed by atoms with Crippen molar-refractivity contribution in [1.82, 2.24) is 14.8 Å². The van der Waals surface area contributed by atoms with E-state index >= 15 is 0 Å². The van der Waals surface area contributed by atoms with E-state index in [9.17, 15) is 0 Å². The van der Waals surface area contributed by atoms with E-state index in [0.29, 0.717) is 11.3 Å². The molecular formula is C12H13BrN4O.